The Labute approximate surface area is 80.1 Å². The van der Waals surface area contributed by atoms with Gasteiger partial charge in [-0.15, -0.1) is 0 Å². The van der Waals surface area contributed by atoms with E-state index in [4.69, 9.17) is 5.73 Å². The van der Waals surface area contributed by atoms with Gasteiger partial charge in [-0.2, -0.15) is 0 Å². The van der Waals surface area contributed by atoms with Gasteiger partial charge in [-0.05, 0) is 6.07 Å². The molecule has 0 saturated heterocycles. The van der Waals surface area contributed by atoms with Gasteiger partial charge in [-0.25, -0.2) is 8.78 Å². The summed E-state index contributed by atoms with van der Waals surface area (Å²) in [6.07, 6.45) is -1.22. The van der Waals surface area contributed by atoms with E-state index >= 15 is 0 Å². The van der Waals surface area contributed by atoms with Gasteiger partial charge >= 0.3 is 0 Å². The van der Waals surface area contributed by atoms with Crippen molar-refractivity contribution in [3.63, 3.8) is 0 Å². The summed E-state index contributed by atoms with van der Waals surface area (Å²) in [6, 6.07) is 1.80. The standard InChI is InChI=1S/C9H11F2NO2/c1-14-8-3-5(10)2-6(9(8)11)7(13)4-12/h2-3,7,13H,4,12H2,1H3. The molecule has 0 heterocycles. The fourth-order valence-corrected chi connectivity index (χ4v) is 1.10. The highest BCUT2D eigenvalue weighted by Gasteiger charge is 2.17. The lowest BCUT2D eigenvalue weighted by atomic mass is 10.1. The Morgan fingerprint density at radius 2 is 2.14 bits per heavy atom. The maximum absolute atomic E-state index is 13.4. The quantitative estimate of drug-likeness (QED) is 0.769. The van der Waals surface area contributed by atoms with Gasteiger partial charge in [0.1, 0.15) is 5.82 Å². The Morgan fingerprint density at radius 3 is 2.64 bits per heavy atom. The molecule has 0 spiro atoms. The van der Waals surface area contributed by atoms with Crippen LogP contribution in [0.1, 0.15) is 11.7 Å². The molecule has 0 saturated carbocycles. The van der Waals surface area contributed by atoms with Crippen LogP contribution in [-0.4, -0.2) is 18.8 Å². The first-order valence-corrected chi connectivity index (χ1v) is 4.01. The minimum atomic E-state index is -1.22. The lowest BCUT2D eigenvalue weighted by Crippen LogP contribution is -2.13. The molecule has 14 heavy (non-hydrogen) atoms. The maximum Gasteiger partial charge on any atom is 0.171 e. The highest BCUT2D eigenvalue weighted by molar-refractivity contribution is 5.33. The first kappa shape index (κ1) is 10.9. The van der Waals surface area contributed by atoms with Crippen molar-refractivity contribution >= 4 is 0 Å². The molecule has 0 aliphatic carbocycles. The summed E-state index contributed by atoms with van der Waals surface area (Å²) in [5.41, 5.74) is 4.94. The zero-order valence-electron chi connectivity index (χ0n) is 7.63. The third-order valence-corrected chi connectivity index (χ3v) is 1.83. The lowest BCUT2D eigenvalue weighted by Gasteiger charge is -2.11. The molecule has 5 heteroatoms. The minimum absolute atomic E-state index is 0.177. The zero-order valence-corrected chi connectivity index (χ0v) is 7.63. The molecular weight excluding hydrogens is 192 g/mol. The second-order valence-electron chi connectivity index (χ2n) is 2.76. The highest BCUT2D eigenvalue weighted by Crippen LogP contribution is 2.26. The normalized spacial score (nSPS) is 12.6. The molecule has 0 amide bonds. The smallest absolute Gasteiger partial charge is 0.171 e. The summed E-state index contributed by atoms with van der Waals surface area (Å²) in [5.74, 6) is -1.70. The number of aliphatic hydroxyl groups is 1. The van der Waals surface area contributed by atoms with Gasteiger partial charge in [0.15, 0.2) is 11.6 Å². The zero-order chi connectivity index (χ0) is 10.7. The molecule has 0 radical (unpaired) electrons. The number of nitrogens with two attached hydrogens (primary N) is 1. The van der Waals surface area contributed by atoms with E-state index in [1.54, 1.807) is 0 Å². The molecule has 0 aromatic heterocycles. The van der Waals surface area contributed by atoms with Crippen LogP contribution in [0, 0.1) is 11.6 Å². The molecule has 0 fully saturated rings. The Kier molecular flexibility index (Phi) is 3.38. The van der Waals surface area contributed by atoms with Gasteiger partial charge in [0.25, 0.3) is 0 Å². The molecule has 1 unspecified atom stereocenters. The van der Waals surface area contributed by atoms with E-state index in [1.165, 1.54) is 7.11 Å². The van der Waals surface area contributed by atoms with E-state index in [0.717, 1.165) is 12.1 Å². The van der Waals surface area contributed by atoms with Crippen LogP contribution >= 0.6 is 0 Å². The molecule has 0 aliphatic rings. The lowest BCUT2D eigenvalue weighted by molar-refractivity contribution is 0.180. The number of hydrogen-bond acceptors (Lipinski definition) is 3. The second kappa shape index (κ2) is 4.34. The van der Waals surface area contributed by atoms with Gasteiger partial charge in [0.2, 0.25) is 0 Å². The van der Waals surface area contributed by atoms with Crippen molar-refractivity contribution in [1.82, 2.24) is 0 Å². The number of methoxy groups -OCH3 is 1. The van der Waals surface area contributed by atoms with Crippen LogP contribution in [0.15, 0.2) is 12.1 Å². The fourth-order valence-electron chi connectivity index (χ4n) is 1.10. The van der Waals surface area contributed by atoms with Crippen LogP contribution in [0.4, 0.5) is 8.78 Å². The van der Waals surface area contributed by atoms with E-state index < -0.39 is 17.7 Å². The van der Waals surface area contributed by atoms with Crippen LogP contribution in [0.25, 0.3) is 0 Å². The minimum Gasteiger partial charge on any atom is -0.494 e. The number of ether oxygens (including phenoxy) is 1. The van der Waals surface area contributed by atoms with Gasteiger partial charge in [0, 0.05) is 18.2 Å². The number of hydrogen-bond donors (Lipinski definition) is 2. The van der Waals surface area contributed by atoms with E-state index in [-0.39, 0.29) is 17.9 Å². The van der Waals surface area contributed by atoms with E-state index in [0.29, 0.717) is 0 Å². The molecule has 3 nitrogen and oxygen atoms in total. The predicted octanol–water partition coefficient (Wildman–Crippen LogP) is 0.966. The Morgan fingerprint density at radius 1 is 1.50 bits per heavy atom. The Balaban J connectivity index is 3.21. The van der Waals surface area contributed by atoms with E-state index in [9.17, 15) is 13.9 Å². The van der Waals surface area contributed by atoms with Gasteiger partial charge in [-0.3, -0.25) is 0 Å². The van der Waals surface area contributed by atoms with Crippen molar-refractivity contribution in [3.05, 3.63) is 29.3 Å². The highest BCUT2D eigenvalue weighted by atomic mass is 19.1. The number of rotatable bonds is 3. The third-order valence-electron chi connectivity index (χ3n) is 1.83. The molecule has 0 bridgehead atoms. The third kappa shape index (κ3) is 2.00. The summed E-state index contributed by atoms with van der Waals surface area (Å²) in [4.78, 5) is 0. The molecule has 1 aromatic carbocycles. The van der Waals surface area contributed by atoms with Crippen LogP contribution < -0.4 is 10.5 Å². The van der Waals surface area contributed by atoms with Crippen LogP contribution in [0.2, 0.25) is 0 Å². The van der Waals surface area contributed by atoms with Gasteiger partial charge in [0.05, 0.1) is 13.2 Å². The van der Waals surface area contributed by atoms with Gasteiger partial charge < -0.3 is 15.6 Å². The summed E-state index contributed by atoms with van der Waals surface area (Å²) >= 11 is 0. The second-order valence-corrected chi connectivity index (χ2v) is 2.76. The predicted molar refractivity (Wildman–Crippen MR) is 46.9 cm³/mol. The molecule has 3 N–H and O–H groups in total. The van der Waals surface area contributed by atoms with Crippen molar-refractivity contribution in [3.8, 4) is 5.75 Å². The van der Waals surface area contributed by atoms with Crippen molar-refractivity contribution in [2.45, 2.75) is 6.10 Å². The Hall–Kier alpha value is -1.20. The van der Waals surface area contributed by atoms with E-state index in [2.05, 4.69) is 4.74 Å². The molecule has 0 aliphatic heterocycles. The maximum atomic E-state index is 13.4. The number of benzene rings is 1. The summed E-state index contributed by atoms with van der Waals surface area (Å²) in [6.45, 7) is -0.177. The average molecular weight is 203 g/mol. The monoisotopic (exact) mass is 203 g/mol. The molecule has 1 atom stereocenters. The van der Waals surface area contributed by atoms with Gasteiger partial charge in [-0.1, -0.05) is 0 Å². The fraction of sp³-hybridized carbons (Fsp3) is 0.333. The van der Waals surface area contributed by atoms with Crippen molar-refractivity contribution in [2.75, 3.05) is 13.7 Å². The molecule has 1 rings (SSSR count). The average Bonchev–Trinajstić information content (AvgIpc) is 2.19. The first-order chi connectivity index (χ1) is 6.60. The molecule has 1 aromatic rings. The summed E-state index contributed by atoms with van der Waals surface area (Å²) in [5, 5.41) is 9.27. The first-order valence-electron chi connectivity index (χ1n) is 4.01. The Bertz CT molecular complexity index is 331. The summed E-state index contributed by atoms with van der Waals surface area (Å²) < 4.78 is 30.9. The van der Waals surface area contributed by atoms with Crippen LogP contribution in [0.3, 0.4) is 0 Å². The summed E-state index contributed by atoms with van der Waals surface area (Å²) in [7, 11) is 1.22. The van der Waals surface area contributed by atoms with E-state index in [1.807, 2.05) is 0 Å². The van der Waals surface area contributed by atoms with Crippen molar-refractivity contribution < 1.29 is 18.6 Å². The topological polar surface area (TPSA) is 55.5 Å². The van der Waals surface area contributed by atoms with Crippen LogP contribution in [-0.2, 0) is 0 Å². The van der Waals surface area contributed by atoms with Crippen molar-refractivity contribution in [2.24, 2.45) is 5.73 Å². The number of halogens is 2. The largest absolute Gasteiger partial charge is 0.494 e. The SMILES string of the molecule is COc1cc(F)cc(C(O)CN)c1F. The number of aliphatic hydroxyl groups excluding tert-OH is 1. The molecule has 78 valence electrons. The van der Waals surface area contributed by atoms with Crippen molar-refractivity contribution in [1.29, 1.82) is 0 Å². The molecular formula is C9H11F2NO2. The van der Waals surface area contributed by atoms with Crippen LogP contribution in [0.5, 0.6) is 5.75 Å².